The van der Waals surface area contributed by atoms with E-state index in [1.54, 1.807) is 12.4 Å². The van der Waals surface area contributed by atoms with Crippen LogP contribution in [0.5, 0.6) is 0 Å². The summed E-state index contributed by atoms with van der Waals surface area (Å²) in [7, 11) is 0. The molecule has 1 saturated carbocycles. The molecule has 3 aromatic heterocycles. The first kappa shape index (κ1) is 21.3. The topological polar surface area (TPSA) is 94.8 Å². The molecular weight excluding hydrogens is 459 g/mol. The molecule has 36 heavy (non-hydrogen) atoms. The van der Waals surface area contributed by atoms with Crippen LogP contribution in [0.1, 0.15) is 28.8 Å². The number of aliphatic hydroxyl groups is 1. The van der Waals surface area contributed by atoms with E-state index in [1.807, 2.05) is 34.9 Å². The van der Waals surface area contributed by atoms with E-state index < -0.39 is 0 Å². The maximum atomic E-state index is 13.6. The second kappa shape index (κ2) is 8.03. The van der Waals surface area contributed by atoms with Gasteiger partial charge in [-0.2, -0.15) is 0 Å². The summed E-state index contributed by atoms with van der Waals surface area (Å²) >= 11 is 0. The number of fused-ring (bicyclic) bond motifs is 4. The van der Waals surface area contributed by atoms with Crippen molar-refractivity contribution in [3.63, 3.8) is 0 Å². The third-order valence-corrected chi connectivity index (χ3v) is 7.88. The van der Waals surface area contributed by atoms with E-state index in [0.717, 1.165) is 48.4 Å². The highest BCUT2D eigenvalue weighted by atomic mass is 19.1. The third-order valence-electron chi connectivity index (χ3n) is 7.88. The van der Waals surface area contributed by atoms with Gasteiger partial charge in [-0.05, 0) is 42.7 Å². The van der Waals surface area contributed by atoms with Crippen molar-refractivity contribution in [3.05, 3.63) is 71.9 Å². The van der Waals surface area contributed by atoms with Crippen LogP contribution >= 0.6 is 0 Å². The van der Waals surface area contributed by atoms with Crippen molar-refractivity contribution in [3.8, 4) is 11.3 Å². The average molecular weight is 485 g/mol. The van der Waals surface area contributed by atoms with E-state index in [2.05, 4.69) is 25.5 Å². The van der Waals surface area contributed by atoms with Crippen LogP contribution in [0, 0.1) is 17.7 Å². The number of benzene rings is 1. The zero-order valence-electron chi connectivity index (χ0n) is 19.5. The highest BCUT2D eigenvalue weighted by Gasteiger charge is 2.41. The minimum Gasteiger partial charge on any atom is -0.392 e. The van der Waals surface area contributed by atoms with Crippen molar-refractivity contribution in [2.24, 2.45) is 11.8 Å². The van der Waals surface area contributed by atoms with Gasteiger partial charge in [-0.15, -0.1) is 0 Å². The van der Waals surface area contributed by atoms with Crippen molar-refractivity contribution >= 4 is 28.7 Å². The Morgan fingerprint density at radius 1 is 1.06 bits per heavy atom. The lowest BCUT2D eigenvalue weighted by molar-refractivity contribution is 0.0792. The number of carbonyl (C=O) groups is 1. The first-order chi connectivity index (χ1) is 17.5. The van der Waals surface area contributed by atoms with E-state index in [1.165, 1.54) is 12.1 Å². The molecule has 2 aliphatic heterocycles. The van der Waals surface area contributed by atoms with Crippen molar-refractivity contribution in [1.82, 2.24) is 19.7 Å². The Hall–Kier alpha value is -3.98. The van der Waals surface area contributed by atoms with Crippen molar-refractivity contribution in [1.29, 1.82) is 0 Å². The van der Waals surface area contributed by atoms with Crippen LogP contribution in [0.3, 0.4) is 0 Å². The SMILES string of the molecule is O=C1NCc2c(-c3cnc4cc(F)ccn34)ccc(Nc3ccc(N4C[C@H]5CC[C@@H](C4)[C@@H]5O)cn3)c21. The molecule has 2 bridgehead atoms. The highest BCUT2D eigenvalue weighted by molar-refractivity contribution is 6.06. The van der Waals surface area contributed by atoms with Gasteiger partial charge in [-0.1, -0.05) is 6.07 Å². The molecule has 5 heterocycles. The lowest BCUT2D eigenvalue weighted by Crippen LogP contribution is -2.44. The second-order valence-electron chi connectivity index (χ2n) is 9.93. The highest BCUT2D eigenvalue weighted by Crippen LogP contribution is 2.39. The van der Waals surface area contributed by atoms with Gasteiger partial charge in [0.15, 0.2) is 0 Å². The Kier molecular flexibility index (Phi) is 4.75. The summed E-state index contributed by atoms with van der Waals surface area (Å²) < 4.78 is 15.4. The number of pyridine rings is 2. The lowest BCUT2D eigenvalue weighted by Gasteiger charge is -2.36. The maximum absolute atomic E-state index is 13.6. The van der Waals surface area contributed by atoms with Gasteiger partial charge in [0.2, 0.25) is 0 Å². The lowest BCUT2D eigenvalue weighted by atomic mass is 9.95. The van der Waals surface area contributed by atoms with Gasteiger partial charge in [0.05, 0.1) is 41.1 Å². The summed E-state index contributed by atoms with van der Waals surface area (Å²) in [5.74, 6) is 0.845. The molecule has 2 fully saturated rings. The van der Waals surface area contributed by atoms with Crippen LogP contribution in [-0.2, 0) is 6.54 Å². The average Bonchev–Trinajstić information content (AvgIpc) is 3.52. The molecule has 4 aromatic rings. The van der Waals surface area contributed by atoms with Crippen LogP contribution < -0.4 is 15.5 Å². The van der Waals surface area contributed by atoms with Crippen LogP contribution in [0.4, 0.5) is 21.6 Å². The van der Waals surface area contributed by atoms with Gasteiger partial charge in [0.25, 0.3) is 5.91 Å². The second-order valence-corrected chi connectivity index (χ2v) is 9.93. The zero-order chi connectivity index (χ0) is 24.4. The Morgan fingerprint density at radius 3 is 2.67 bits per heavy atom. The number of rotatable bonds is 4. The molecule has 3 atom stereocenters. The number of hydrogen-bond acceptors (Lipinski definition) is 6. The van der Waals surface area contributed by atoms with Gasteiger partial charge in [0.1, 0.15) is 17.3 Å². The van der Waals surface area contributed by atoms with Crippen LogP contribution in [0.2, 0.25) is 0 Å². The molecule has 7 rings (SSSR count). The number of nitrogens with zero attached hydrogens (tertiary/aromatic N) is 4. The summed E-state index contributed by atoms with van der Waals surface area (Å²) in [6.07, 6.45) is 7.20. The summed E-state index contributed by atoms with van der Waals surface area (Å²) in [6.45, 7) is 2.12. The molecule has 1 aliphatic carbocycles. The number of nitrogens with one attached hydrogen (secondary N) is 2. The monoisotopic (exact) mass is 484 g/mol. The minimum absolute atomic E-state index is 0.145. The largest absolute Gasteiger partial charge is 0.392 e. The fourth-order valence-electron chi connectivity index (χ4n) is 6.04. The van der Waals surface area contributed by atoms with Gasteiger partial charge in [-0.25, -0.2) is 14.4 Å². The molecular formula is C27H25FN6O2. The molecule has 3 aliphatic rings. The maximum Gasteiger partial charge on any atom is 0.254 e. The summed E-state index contributed by atoms with van der Waals surface area (Å²) in [4.78, 5) is 24.0. The van der Waals surface area contributed by atoms with E-state index in [-0.39, 0.29) is 17.8 Å². The fourth-order valence-corrected chi connectivity index (χ4v) is 6.04. The van der Waals surface area contributed by atoms with E-state index in [0.29, 0.717) is 41.1 Å². The molecule has 1 amide bonds. The molecule has 9 heteroatoms. The number of imidazole rings is 1. The number of anilines is 3. The third kappa shape index (κ3) is 3.34. The molecule has 182 valence electrons. The zero-order valence-corrected chi connectivity index (χ0v) is 19.5. The van der Waals surface area contributed by atoms with E-state index in [4.69, 9.17) is 0 Å². The number of halogens is 1. The van der Waals surface area contributed by atoms with Crippen molar-refractivity contribution in [2.45, 2.75) is 25.5 Å². The van der Waals surface area contributed by atoms with Gasteiger partial charge >= 0.3 is 0 Å². The van der Waals surface area contributed by atoms with Crippen molar-refractivity contribution in [2.75, 3.05) is 23.3 Å². The van der Waals surface area contributed by atoms with E-state index in [9.17, 15) is 14.3 Å². The standard InChI is InChI=1S/C27H25FN6O2/c28-17-7-8-34-22(12-30-24(34)9-17)19-4-5-21(25-20(19)11-31-27(25)36)32-23-6-3-18(10-29-23)33-13-15-1-2-16(14-33)26(15)35/h3-10,12,15-16,26,35H,1-2,11,13-14H2,(H,29,32)(H,31,36)/t15-,16+,26-. The molecule has 0 radical (unpaired) electrons. The molecule has 3 N–H and O–H groups in total. The van der Waals surface area contributed by atoms with Gasteiger partial charge in [0, 0.05) is 49.3 Å². The molecule has 1 aromatic carbocycles. The molecule has 8 nitrogen and oxygen atoms in total. The Balaban J connectivity index is 1.18. The van der Waals surface area contributed by atoms with Crippen LogP contribution in [0.25, 0.3) is 16.9 Å². The number of hydrogen-bond donors (Lipinski definition) is 3. The number of amides is 1. The normalized spacial score (nSPS) is 22.7. The fraction of sp³-hybridized carbons (Fsp3) is 0.296. The summed E-state index contributed by atoms with van der Waals surface area (Å²) in [5.41, 5.74) is 5.37. The molecule has 1 saturated heterocycles. The Morgan fingerprint density at radius 2 is 1.89 bits per heavy atom. The number of aromatic nitrogens is 3. The van der Waals surface area contributed by atoms with Crippen LogP contribution in [-0.4, -0.2) is 44.6 Å². The Labute approximate surface area is 206 Å². The van der Waals surface area contributed by atoms with Gasteiger partial charge < -0.3 is 20.6 Å². The van der Waals surface area contributed by atoms with Crippen molar-refractivity contribution < 1.29 is 14.3 Å². The molecule has 0 unspecified atom stereocenters. The predicted molar refractivity (Wildman–Crippen MR) is 134 cm³/mol. The number of carbonyl (C=O) groups excluding carboxylic acids is 1. The first-order valence-corrected chi connectivity index (χ1v) is 12.3. The van der Waals surface area contributed by atoms with Crippen LogP contribution in [0.15, 0.2) is 55.0 Å². The number of aliphatic hydroxyl groups excluding tert-OH is 1. The summed E-state index contributed by atoms with van der Waals surface area (Å²) in [5, 5.41) is 16.6. The minimum atomic E-state index is -0.343. The smallest absolute Gasteiger partial charge is 0.254 e. The molecule has 0 spiro atoms. The first-order valence-electron chi connectivity index (χ1n) is 12.3. The quantitative estimate of drug-likeness (QED) is 0.409. The van der Waals surface area contributed by atoms with Gasteiger partial charge in [-0.3, -0.25) is 9.20 Å². The number of piperidine rings is 1. The predicted octanol–water partition coefficient (Wildman–Crippen LogP) is 3.73. The van der Waals surface area contributed by atoms with E-state index >= 15 is 0 Å². The Bertz CT molecular complexity index is 1490. The summed E-state index contributed by atoms with van der Waals surface area (Å²) in [6, 6.07) is 10.6.